The van der Waals surface area contributed by atoms with E-state index in [-0.39, 0.29) is 34.8 Å². The first-order chi connectivity index (χ1) is 21.0. The van der Waals surface area contributed by atoms with Crippen molar-refractivity contribution in [3.05, 3.63) is 77.3 Å². The van der Waals surface area contributed by atoms with Crippen molar-refractivity contribution in [2.75, 3.05) is 31.7 Å². The Balaban J connectivity index is 2.09. The molecule has 0 radical (unpaired) electrons. The standard InChI is InChI=1S/C32H40ClN3O7S/c1-7-22(3)34-32(38)23(4)35(20-24-11-9-10-12-28(24)33)31(37)21-36(25-13-15-26(16-14-25)43-8-2)44(39,40)27-17-18-29(41-5)30(19-27)42-6/h9-19,22-23H,7-8,20-21H2,1-6H3,(H,34,38)/t22-,23+/m0/s1. The molecule has 238 valence electrons. The normalized spacial score (nSPS) is 12.5. The van der Waals surface area contributed by atoms with Crippen molar-refractivity contribution in [1.82, 2.24) is 10.2 Å². The van der Waals surface area contributed by atoms with E-state index in [4.69, 9.17) is 25.8 Å². The number of hydrogen-bond donors (Lipinski definition) is 1. The summed E-state index contributed by atoms with van der Waals surface area (Å²) in [6, 6.07) is 16.5. The topological polar surface area (TPSA) is 114 Å². The Bertz CT molecular complexity index is 1530. The summed E-state index contributed by atoms with van der Waals surface area (Å²) in [6.07, 6.45) is 0.700. The highest BCUT2D eigenvalue weighted by Crippen LogP contribution is 2.33. The number of ether oxygens (including phenoxy) is 3. The molecule has 1 N–H and O–H groups in total. The largest absolute Gasteiger partial charge is 0.494 e. The molecule has 0 aliphatic heterocycles. The van der Waals surface area contributed by atoms with Gasteiger partial charge in [0.1, 0.15) is 18.3 Å². The second kappa shape index (κ2) is 15.7. The van der Waals surface area contributed by atoms with Crippen molar-refractivity contribution >= 4 is 39.1 Å². The Morgan fingerprint density at radius 1 is 0.932 bits per heavy atom. The third-order valence-electron chi connectivity index (χ3n) is 7.12. The Hall–Kier alpha value is -3.96. The SMILES string of the molecule is CCOc1ccc(N(CC(=O)N(Cc2ccccc2Cl)[C@H](C)C(=O)N[C@@H](C)CC)S(=O)(=O)c2ccc(OC)c(OC)c2)cc1. The number of nitrogens with one attached hydrogen (secondary N) is 1. The van der Waals surface area contributed by atoms with Gasteiger partial charge in [-0.05, 0) is 75.2 Å². The van der Waals surface area contributed by atoms with E-state index in [1.807, 2.05) is 20.8 Å². The molecule has 0 aliphatic carbocycles. The predicted molar refractivity (Wildman–Crippen MR) is 171 cm³/mol. The highest BCUT2D eigenvalue weighted by Gasteiger charge is 2.33. The number of halogens is 1. The van der Waals surface area contributed by atoms with Gasteiger partial charge in [-0.3, -0.25) is 13.9 Å². The van der Waals surface area contributed by atoms with Crippen molar-refractivity contribution in [2.24, 2.45) is 0 Å². The van der Waals surface area contributed by atoms with Gasteiger partial charge >= 0.3 is 0 Å². The summed E-state index contributed by atoms with van der Waals surface area (Å²) in [6.45, 7) is 7.07. The zero-order valence-electron chi connectivity index (χ0n) is 25.9. The van der Waals surface area contributed by atoms with Gasteiger partial charge in [0.25, 0.3) is 10.0 Å². The molecule has 10 nitrogen and oxygen atoms in total. The lowest BCUT2D eigenvalue weighted by Crippen LogP contribution is -2.52. The Morgan fingerprint density at radius 2 is 1.59 bits per heavy atom. The maximum atomic E-state index is 14.2. The van der Waals surface area contributed by atoms with Gasteiger partial charge < -0.3 is 24.4 Å². The fourth-order valence-electron chi connectivity index (χ4n) is 4.37. The fourth-order valence-corrected chi connectivity index (χ4v) is 5.99. The molecule has 0 unspecified atom stereocenters. The van der Waals surface area contributed by atoms with Crippen LogP contribution in [0.15, 0.2) is 71.6 Å². The van der Waals surface area contributed by atoms with E-state index in [1.54, 1.807) is 55.5 Å². The van der Waals surface area contributed by atoms with Gasteiger partial charge in [-0.25, -0.2) is 8.42 Å². The van der Waals surface area contributed by atoms with Gasteiger partial charge in [0.15, 0.2) is 11.5 Å². The van der Waals surface area contributed by atoms with Crippen LogP contribution in [-0.4, -0.2) is 64.6 Å². The van der Waals surface area contributed by atoms with Crippen LogP contribution in [-0.2, 0) is 26.2 Å². The molecular formula is C32H40ClN3O7S. The summed E-state index contributed by atoms with van der Waals surface area (Å²) in [5.41, 5.74) is 0.840. The molecule has 0 aliphatic rings. The van der Waals surface area contributed by atoms with Gasteiger partial charge in [0.2, 0.25) is 11.8 Å². The van der Waals surface area contributed by atoms with Crippen LogP contribution in [0.1, 0.15) is 39.7 Å². The number of carbonyl (C=O) groups is 2. The van der Waals surface area contributed by atoms with Crippen LogP contribution < -0.4 is 23.8 Å². The highest BCUT2D eigenvalue weighted by atomic mass is 35.5. The smallest absolute Gasteiger partial charge is 0.264 e. The number of benzene rings is 3. The fraction of sp³-hybridized carbons (Fsp3) is 0.375. The van der Waals surface area contributed by atoms with E-state index in [2.05, 4.69) is 5.32 Å². The number of nitrogens with zero attached hydrogens (tertiary/aromatic N) is 2. The molecule has 0 saturated carbocycles. The second-order valence-electron chi connectivity index (χ2n) is 10.1. The van der Waals surface area contributed by atoms with Crippen LogP contribution >= 0.6 is 11.6 Å². The minimum Gasteiger partial charge on any atom is -0.494 e. The summed E-state index contributed by atoms with van der Waals surface area (Å²) in [4.78, 5) is 28.6. The molecule has 3 aromatic rings. The van der Waals surface area contributed by atoms with E-state index in [0.29, 0.717) is 35.1 Å². The molecule has 0 aromatic heterocycles. The van der Waals surface area contributed by atoms with Crippen LogP contribution in [0.5, 0.6) is 17.2 Å². The lowest BCUT2D eigenvalue weighted by molar-refractivity contribution is -0.139. The quantitative estimate of drug-likeness (QED) is 0.239. The average molecular weight is 646 g/mol. The van der Waals surface area contributed by atoms with E-state index >= 15 is 0 Å². The molecule has 2 amide bonds. The van der Waals surface area contributed by atoms with Gasteiger partial charge in [0, 0.05) is 23.7 Å². The molecule has 0 fully saturated rings. The lowest BCUT2D eigenvalue weighted by Gasteiger charge is -2.32. The number of methoxy groups -OCH3 is 2. The first-order valence-corrected chi connectivity index (χ1v) is 16.1. The first kappa shape index (κ1) is 34.5. The molecule has 0 saturated heterocycles. The maximum absolute atomic E-state index is 14.2. The first-order valence-electron chi connectivity index (χ1n) is 14.3. The van der Waals surface area contributed by atoms with E-state index in [1.165, 1.54) is 37.3 Å². The van der Waals surface area contributed by atoms with Crippen molar-refractivity contribution in [1.29, 1.82) is 0 Å². The molecule has 0 heterocycles. The van der Waals surface area contributed by atoms with Crippen LogP contribution in [0, 0.1) is 0 Å². The van der Waals surface area contributed by atoms with Crippen LogP contribution in [0.4, 0.5) is 5.69 Å². The third-order valence-corrected chi connectivity index (χ3v) is 9.26. The van der Waals surface area contributed by atoms with Crippen molar-refractivity contribution in [3.63, 3.8) is 0 Å². The minimum absolute atomic E-state index is 0.0128. The van der Waals surface area contributed by atoms with E-state index in [9.17, 15) is 18.0 Å². The van der Waals surface area contributed by atoms with Crippen molar-refractivity contribution < 1.29 is 32.2 Å². The molecule has 3 rings (SSSR count). The Labute approximate surface area is 264 Å². The van der Waals surface area contributed by atoms with Gasteiger partial charge in [-0.2, -0.15) is 0 Å². The number of carbonyl (C=O) groups excluding carboxylic acids is 2. The van der Waals surface area contributed by atoms with Gasteiger partial charge in [-0.1, -0.05) is 36.7 Å². The molecule has 3 aromatic carbocycles. The van der Waals surface area contributed by atoms with E-state index in [0.717, 1.165) is 4.31 Å². The molecule has 12 heteroatoms. The Kier molecular flexibility index (Phi) is 12.3. The molecule has 44 heavy (non-hydrogen) atoms. The van der Waals surface area contributed by atoms with Crippen molar-refractivity contribution in [2.45, 2.75) is 57.6 Å². The number of amides is 2. The zero-order chi connectivity index (χ0) is 32.4. The van der Waals surface area contributed by atoms with Gasteiger partial charge in [-0.15, -0.1) is 0 Å². The van der Waals surface area contributed by atoms with Crippen LogP contribution in [0.25, 0.3) is 0 Å². The maximum Gasteiger partial charge on any atom is 0.264 e. The summed E-state index contributed by atoms with van der Waals surface area (Å²) >= 11 is 6.43. The average Bonchev–Trinajstić information content (AvgIpc) is 3.02. The predicted octanol–water partition coefficient (Wildman–Crippen LogP) is 5.28. The lowest BCUT2D eigenvalue weighted by atomic mass is 10.1. The third kappa shape index (κ3) is 8.35. The number of hydrogen-bond acceptors (Lipinski definition) is 7. The second-order valence-corrected chi connectivity index (χ2v) is 12.3. The summed E-state index contributed by atoms with van der Waals surface area (Å²) in [7, 11) is -1.48. The molecule has 0 bridgehead atoms. The van der Waals surface area contributed by atoms with Crippen LogP contribution in [0.3, 0.4) is 0 Å². The Morgan fingerprint density at radius 3 is 2.18 bits per heavy atom. The van der Waals surface area contributed by atoms with Crippen molar-refractivity contribution in [3.8, 4) is 17.2 Å². The molecule has 0 spiro atoms. The summed E-state index contributed by atoms with van der Waals surface area (Å²) < 4.78 is 45.5. The van der Waals surface area contributed by atoms with Gasteiger partial charge in [0.05, 0.1) is 31.4 Å². The van der Waals surface area contributed by atoms with E-state index < -0.39 is 28.5 Å². The van der Waals surface area contributed by atoms with Crippen LogP contribution in [0.2, 0.25) is 5.02 Å². The number of sulfonamides is 1. The molecule has 2 atom stereocenters. The number of anilines is 1. The summed E-state index contributed by atoms with van der Waals surface area (Å²) in [5.74, 6) is 0.135. The minimum atomic E-state index is -4.33. The highest BCUT2D eigenvalue weighted by molar-refractivity contribution is 7.92. The number of rotatable bonds is 15. The molecular weight excluding hydrogens is 606 g/mol. The zero-order valence-corrected chi connectivity index (χ0v) is 27.4. The monoisotopic (exact) mass is 645 g/mol. The summed E-state index contributed by atoms with van der Waals surface area (Å²) in [5, 5.41) is 3.33.